The topological polar surface area (TPSA) is 63.0 Å². The maximum atomic E-state index is 12.4. The van der Waals surface area contributed by atoms with Gasteiger partial charge in [0.05, 0.1) is 12.4 Å². The molecule has 0 unspecified atom stereocenters. The van der Waals surface area contributed by atoms with Gasteiger partial charge in [-0.25, -0.2) is 0 Å². The summed E-state index contributed by atoms with van der Waals surface area (Å²) in [6, 6.07) is 3.46. The van der Waals surface area contributed by atoms with Crippen LogP contribution in [0, 0.1) is 5.41 Å². The van der Waals surface area contributed by atoms with Gasteiger partial charge in [0.2, 0.25) is 5.91 Å². The highest BCUT2D eigenvalue weighted by molar-refractivity contribution is 5.91. The fourth-order valence-electron chi connectivity index (χ4n) is 4.45. The van der Waals surface area contributed by atoms with Gasteiger partial charge in [-0.2, -0.15) is 0 Å². The lowest BCUT2D eigenvalue weighted by molar-refractivity contribution is -0.141. The summed E-state index contributed by atoms with van der Waals surface area (Å²) in [4.78, 5) is 28.7. The molecule has 0 bridgehead atoms. The van der Waals surface area contributed by atoms with E-state index >= 15 is 0 Å². The highest BCUT2D eigenvalue weighted by Gasteiger charge is 2.42. The summed E-state index contributed by atoms with van der Waals surface area (Å²) in [6.45, 7) is 3.84. The third-order valence-electron chi connectivity index (χ3n) is 6.04. The molecule has 0 aliphatic carbocycles. The first-order valence-electron chi connectivity index (χ1n) is 9.37. The van der Waals surface area contributed by atoms with Crippen LogP contribution in [0.5, 0.6) is 0 Å². The van der Waals surface area contributed by atoms with Gasteiger partial charge >= 0.3 is 0 Å². The molecule has 0 N–H and O–H groups in total. The van der Waals surface area contributed by atoms with Crippen LogP contribution in [0.3, 0.4) is 0 Å². The molecule has 1 atom stereocenters. The lowest BCUT2D eigenvalue weighted by atomic mass is 9.72. The molecular weight excluding hydrogens is 320 g/mol. The number of amides is 2. The maximum Gasteiger partial charge on any atom is 0.289 e. The summed E-state index contributed by atoms with van der Waals surface area (Å²) in [5, 5.41) is 0. The summed E-state index contributed by atoms with van der Waals surface area (Å²) in [5.74, 6) is 0.646. The van der Waals surface area contributed by atoms with Gasteiger partial charge in [0.1, 0.15) is 0 Å². The second kappa shape index (κ2) is 6.83. The highest BCUT2D eigenvalue weighted by Crippen LogP contribution is 2.40. The molecule has 3 saturated heterocycles. The van der Waals surface area contributed by atoms with Crippen LogP contribution in [-0.2, 0) is 9.53 Å². The molecule has 3 aliphatic heterocycles. The van der Waals surface area contributed by atoms with Crippen molar-refractivity contribution in [2.24, 2.45) is 5.41 Å². The van der Waals surface area contributed by atoms with Gasteiger partial charge in [-0.15, -0.1) is 0 Å². The average molecular weight is 346 g/mol. The smallest absolute Gasteiger partial charge is 0.289 e. The second-order valence-electron chi connectivity index (χ2n) is 7.68. The van der Waals surface area contributed by atoms with E-state index in [2.05, 4.69) is 0 Å². The summed E-state index contributed by atoms with van der Waals surface area (Å²) >= 11 is 0. The fourth-order valence-corrected chi connectivity index (χ4v) is 4.45. The number of ether oxygens (including phenoxy) is 1. The quantitative estimate of drug-likeness (QED) is 0.842. The van der Waals surface area contributed by atoms with Crippen LogP contribution in [0.4, 0.5) is 0 Å². The standard InChI is InChI=1S/C19H26N2O4/c22-17-5-6-19(14-21(17)13-15-3-1-11-24-15)7-9-20(10-8-19)18(23)16-4-2-12-25-16/h2,4,12,15H,1,3,5-11,13-14H2/t15-/m0/s1. The average Bonchev–Trinajstić information content (AvgIpc) is 3.32. The van der Waals surface area contributed by atoms with E-state index < -0.39 is 0 Å². The number of rotatable bonds is 3. The van der Waals surface area contributed by atoms with Crippen molar-refractivity contribution in [3.05, 3.63) is 24.2 Å². The number of nitrogens with zero attached hydrogens (tertiary/aromatic N) is 2. The minimum atomic E-state index is -0.0250. The molecule has 1 aromatic rings. The Balaban J connectivity index is 1.36. The first kappa shape index (κ1) is 16.6. The van der Waals surface area contributed by atoms with Crippen LogP contribution in [0.15, 0.2) is 22.8 Å². The van der Waals surface area contributed by atoms with Crippen molar-refractivity contribution in [3.8, 4) is 0 Å². The Hall–Kier alpha value is -1.82. The van der Waals surface area contributed by atoms with Crippen molar-refractivity contribution in [2.75, 3.05) is 32.8 Å². The molecule has 4 heterocycles. The van der Waals surface area contributed by atoms with Crippen molar-refractivity contribution in [1.29, 1.82) is 0 Å². The number of likely N-dealkylation sites (tertiary alicyclic amines) is 2. The minimum Gasteiger partial charge on any atom is -0.459 e. The van der Waals surface area contributed by atoms with E-state index in [1.54, 1.807) is 12.1 Å². The molecule has 0 radical (unpaired) electrons. The van der Waals surface area contributed by atoms with E-state index in [9.17, 15) is 9.59 Å². The van der Waals surface area contributed by atoms with Gasteiger partial charge in [-0.05, 0) is 49.7 Å². The van der Waals surface area contributed by atoms with Crippen LogP contribution in [0.1, 0.15) is 49.1 Å². The van der Waals surface area contributed by atoms with Crippen molar-refractivity contribution >= 4 is 11.8 Å². The lowest BCUT2D eigenvalue weighted by Crippen LogP contribution is -2.53. The largest absolute Gasteiger partial charge is 0.459 e. The Morgan fingerprint density at radius 1 is 1.28 bits per heavy atom. The summed E-state index contributed by atoms with van der Waals surface area (Å²) in [6.07, 6.45) is 7.37. The monoisotopic (exact) mass is 346 g/mol. The zero-order valence-electron chi connectivity index (χ0n) is 14.6. The molecule has 25 heavy (non-hydrogen) atoms. The number of hydrogen-bond donors (Lipinski definition) is 0. The molecule has 2 amide bonds. The minimum absolute atomic E-state index is 0.0250. The molecular formula is C19H26N2O4. The third kappa shape index (κ3) is 3.45. The fraction of sp³-hybridized carbons (Fsp3) is 0.684. The molecule has 4 rings (SSSR count). The van der Waals surface area contributed by atoms with E-state index in [4.69, 9.17) is 9.15 Å². The summed E-state index contributed by atoms with van der Waals surface area (Å²) in [5.41, 5.74) is 0.159. The Labute approximate surface area is 148 Å². The lowest BCUT2D eigenvalue weighted by Gasteiger charge is -2.47. The molecule has 1 aromatic heterocycles. The van der Waals surface area contributed by atoms with Crippen LogP contribution in [0.2, 0.25) is 0 Å². The Bertz CT molecular complexity index is 613. The van der Waals surface area contributed by atoms with Gasteiger partial charge < -0.3 is 19.0 Å². The van der Waals surface area contributed by atoms with Crippen molar-refractivity contribution in [3.63, 3.8) is 0 Å². The molecule has 1 spiro atoms. The van der Waals surface area contributed by atoms with Gasteiger partial charge in [-0.3, -0.25) is 9.59 Å². The third-order valence-corrected chi connectivity index (χ3v) is 6.04. The molecule has 3 aliphatic rings. The van der Waals surface area contributed by atoms with E-state index in [0.717, 1.165) is 64.9 Å². The van der Waals surface area contributed by atoms with Gasteiger partial charge in [0, 0.05) is 39.2 Å². The zero-order valence-corrected chi connectivity index (χ0v) is 14.6. The van der Waals surface area contributed by atoms with Gasteiger partial charge in [0.25, 0.3) is 5.91 Å². The molecule has 6 heteroatoms. The molecule has 136 valence electrons. The summed E-state index contributed by atoms with van der Waals surface area (Å²) < 4.78 is 10.9. The number of furan rings is 1. The Morgan fingerprint density at radius 2 is 2.12 bits per heavy atom. The van der Waals surface area contributed by atoms with Gasteiger partial charge in [-0.1, -0.05) is 0 Å². The zero-order chi connectivity index (χ0) is 17.3. The molecule has 3 fully saturated rings. The number of piperidine rings is 2. The Kier molecular flexibility index (Phi) is 4.54. The van der Waals surface area contributed by atoms with E-state index in [-0.39, 0.29) is 23.3 Å². The highest BCUT2D eigenvalue weighted by atomic mass is 16.5. The number of carbonyl (C=O) groups excluding carboxylic acids is 2. The number of carbonyl (C=O) groups is 2. The van der Waals surface area contributed by atoms with Crippen molar-refractivity contribution < 1.29 is 18.7 Å². The van der Waals surface area contributed by atoms with Crippen LogP contribution in [-0.4, -0.2) is 60.5 Å². The molecule has 0 aromatic carbocycles. The van der Waals surface area contributed by atoms with Crippen LogP contribution in [0.25, 0.3) is 0 Å². The van der Waals surface area contributed by atoms with E-state index in [1.165, 1.54) is 6.26 Å². The van der Waals surface area contributed by atoms with E-state index in [0.29, 0.717) is 12.2 Å². The normalized spacial score (nSPS) is 26.4. The second-order valence-corrected chi connectivity index (χ2v) is 7.68. The predicted octanol–water partition coefficient (Wildman–Crippen LogP) is 2.30. The molecule has 6 nitrogen and oxygen atoms in total. The first-order chi connectivity index (χ1) is 12.2. The predicted molar refractivity (Wildman–Crippen MR) is 91.1 cm³/mol. The van der Waals surface area contributed by atoms with Crippen LogP contribution < -0.4 is 0 Å². The van der Waals surface area contributed by atoms with Crippen molar-refractivity contribution in [2.45, 2.75) is 44.6 Å². The number of hydrogen-bond acceptors (Lipinski definition) is 4. The van der Waals surface area contributed by atoms with E-state index in [1.807, 2.05) is 9.80 Å². The molecule has 0 saturated carbocycles. The first-order valence-corrected chi connectivity index (χ1v) is 9.37. The maximum absolute atomic E-state index is 12.4. The van der Waals surface area contributed by atoms with Crippen LogP contribution >= 0.6 is 0 Å². The Morgan fingerprint density at radius 3 is 2.80 bits per heavy atom. The summed E-state index contributed by atoms with van der Waals surface area (Å²) in [7, 11) is 0. The van der Waals surface area contributed by atoms with Gasteiger partial charge in [0.15, 0.2) is 5.76 Å². The van der Waals surface area contributed by atoms with Crippen molar-refractivity contribution in [1.82, 2.24) is 9.80 Å². The SMILES string of the molecule is O=C1CCC2(CCN(C(=O)c3ccco3)CC2)CN1C[C@@H]1CCCO1.